The lowest BCUT2D eigenvalue weighted by Crippen LogP contribution is -1.99. The van der Waals surface area contributed by atoms with Crippen molar-refractivity contribution in [2.75, 3.05) is 5.32 Å². The van der Waals surface area contributed by atoms with Crippen LogP contribution in [0.15, 0.2) is 66.7 Å². The highest BCUT2D eigenvalue weighted by Crippen LogP contribution is 2.29. The van der Waals surface area contributed by atoms with Crippen molar-refractivity contribution in [3.63, 3.8) is 0 Å². The fourth-order valence-electron chi connectivity index (χ4n) is 2.84. The number of hydrogen-bond donors (Lipinski definition) is 1. The number of nitrogens with one attached hydrogen (secondary N) is 1. The topological polar surface area (TPSA) is 81.0 Å². The van der Waals surface area contributed by atoms with Crippen LogP contribution < -0.4 is 5.32 Å². The summed E-state index contributed by atoms with van der Waals surface area (Å²) in [7, 11) is 0. The van der Waals surface area contributed by atoms with E-state index in [9.17, 15) is 10.1 Å². The lowest BCUT2D eigenvalue weighted by Gasteiger charge is -2.12. The van der Waals surface area contributed by atoms with E-state index in [1.54, 1.807) is 12.1 Å². The second kappa shape index (κ2) is 7.25. The highest BCUT2D eigenvalue weighted by Gasteiger charge is 2.12. The van der Waals surface area contributed by atoms with Crippen molar-refractivity contribution in [1.29, 1.82) is 0 Å². The number of fused-ring (bicyclic) bond motifs is 1. The van der Waals surface area contributed by atoms with Crippen LogP contribution in [0.2, 0.25) is 5.02 Å². The Balaban J connectivity index is 1.80. The summed E-state index contributed by atoms with van der Waals surface area (Å²) in [4.78, 5) is 19.7. The van der Waals surface area contributed by atoms with E-state index in [2.05, 4.69) is 15.3 Å². The van der Waals surface area contributed by atoms with Gasteiger partial charge < -0.3 is 5.32 Å². The fourth-order valence-corrected chi connectivity index (χ4v) is 3.02. The number of nitro benzene ring substituents is 1. The quantitative estimate of drug-likeness (QED) is 0.346. The molecule has 0 aliphatic heterocycles. The molecule has 1 aromatic heterocycles. The number of benzene rings is 3. The zero-order valence-electron chi connectivity index (χ0n) is 14.9. The van der Waals surface area contributed by atoms with Gasteiger partial charge in [-0.25, -0.2) is 9.97 Å². The van der Waals surface area contributed by atoms with Crippen molar-refractivity contribution in [2.45, 2.75) is 6.92 Å². The van der Waals surface area contributed by atoms with Gasteiger partial charge in [0.25, 0.3) is 5.69 Å². The van der Waals surface area contributed by atoms with Gasteiger partial charge in [-0.15, -0.1) is 0 Å². The van der Waals surface area contributed by atoms with E-state index in [1.807, 2.05) is 49.4 Å². The highest BCUT2D eigenvalue weighted by atomic mass is 35.5. The van der Waals surface area contributed by atoms with Gasteiger partial charge in [0.2, 0.25) is 0 Å². The number of halogens is 1. The monoisotopic (exact) mass is 390 g/mol. The molecule has 0 atom stereocenters. The van der Waals surface area contributed by atoms with Gasteiger partial charge in [-0.1, -0.05) is 29.8 Å². The third-order valence-corrected chi connectivity index (χ3v) is 4.78. The zero-order valence-corrected chi connectivity index (χ0v) is 15.6. The number of aromatic nitrogens is 2. The average molecular weight is 391 g/mol. The van der Waals surface area contributed by atoms with Gasteiger partial charge in [-0.05, 0) is 48.9 Å². The van der Waals surface area contributed by atoms with Crippen LogP contribution in [-0.4, -0.2) is 14.9 Å². The van der Waals surface area contributed by atoms with Crippen LogP contribution in [0.5, 0.6) is 0 Å². The van der Waals surface area contributed by atoms with Crippen LogP contribution in [0.4, 0.5) is 17.2 Å². The number of hydrogen-bond acceptors (Lipinski definition) is 5. The Morgan fingerprint density at radius 3 is 2.46 bits per heavy atom. The van der Waals surface area contributed by atoms with Crippen molar-refractivity contribution < 1.29 is 4.92 Å². The first kappa shape index (κ1) is 17.9. The van der Waals surface area contributed by atoms with E-state index in [-0.39, 0.29) is 5.69 Å². The average Bonchev–Trinajstić information content (AvgIpc) is 2.71. The molecule has 0 saturated heterocycles. The van der Waals surface area contributed by atoms with Crippen LogP contribution in [-0.2, 0) is 0 Å². The minimum Gasteiger partial charge on any atom is -0.340 e. The van der Waals surface area contributed by atoms with Crippen LogP contribution in [0.25, 0.3) is 22.3 Å². The maximum Gasteiger partial charge on any atom is 0.269 e. The number of nitro groups is 1. The summed E-state index contributed by atoms with van der Waals surface area (Å²) in [5.41, 5.74) is 3.30. The summed E-state index contributed by atoms with van der Waals surface area (Å²) >= 11 is 6.24. The second-order valence-corrected chi connectivity index (χ2v) is 6.71. The molecule has 4 aromatic rings. The third kappa shape index (κ3) is 3.50. The molecule has 28 heavy (non-hydrogen) atoms. The molecule has 0 aliphatic carbocycles. The fraction of sp³-hybridized carbons (Fsp3) is 0.0476. The molecule has 1 N–H and O–H groups in total. The Kier molecular flexibility index (Phi) is 4.63. The molecule has 0 spiro atoms. The SMILES string of the molecule is Cc1ccc(Nc2nc(-c3ccc([N+](=O)[O-])cc3)nc3ccccc23)cc1Cl. The van der Waals surface area contributed by atoms with Crippen molar-refractivity contribution in [1.82, 2.24) is 9.97 Å². The summed E-state index contributed by atoms with van der Waals surface area (Å²) < 4.78 is 0. The van der Waals surface area contributed by atoms with E-state index in [4.69, 9.17) is 11.6 Å². The molecule has 0 unspecified atom stereocenters. The number of para-hydroxylation sites is 1. The molecule has 0 aliphatic rings. The minimum absolute atomic E-state index is 0.0252. The van der Waals surface area contributed by atoms with Crippen LogP contribution in [0.3, 0.4) is 0 Å². The molecule has 138 valence electrons. The van der Waals surface area contributed by atoms with Crippen LogP contribution in [0, 0.1) is 17.0 Å². The summed E-state index contributed by atoms with van der Waals surface area (Å²) in [5, 5.41) is 15.7. The van der Waals surface area contributed by atoms with E-state index in [1.165, 1.54) is 12.1 Å². The Morgan fingerprint density at radius 2 is 1.75 bits per heavy atom. The third-order valence-electron chi connectivity index (χ3n) is 4.37. The van der Waals surface area contributed by atoms with Gasteiger partial charge in [0.1, 0.15) is 5.82 Å². The number of aryl methyl sites for hydroxylation is 1. The standard InChI is InChI=1S/C21H15ClN4O2/c1-13-6-9-15(12-18(13)22)23-21-17-4-2-3-5-19(17)24-20(25-21)14-7-10-16(11-8-14)26(27)28/h2-12H,1H3,(H,23,24,25). The Bertz CT molecular complexity index is 1190. The number of nitrogens with zero attached hydrogens (tertiary/aromatic N) is 3. The zero-order chi connectivity index (χ0) is 19.7. The molecule has 0 fully saturated rings. The Labute approximate surface area is 166 Å². The lowest BCUT2D eigenvalue weighted by atomic mass is 10.1. The predicted octanol–water partition coefficient (Wildman–Crippen LogP) is 5.91. The molecular formula is C21H15ClN4O2. The molecule has 0 bridgehead atoms. The van der Waals surface area contributed by atoms with Crippen LogP contribution in [0.1, 0.15) is 5.56 Å². The molecule has 1 heterocycles. The van der Waals surface area contributed by atoms with Crippen LogP contribution >= 0.6 is 11.6 Å². The summed E-state index contributed by atoms with van der Waals surface area (Å²) in [6.07, 6.45) is 0. The molecule has 7 heteroatoms. The normalized spacial score (nSPS) is 10.8. The molecule has 3 aromatic carbocycles. The summed E-state index contributed by atoms with van der Waals surface area (Å²) in [6, 6.07) is 19.6. The van der Waals surface area contributed by atoms with Crippen molar-refractivity contribution in [2.24, 2.45) is 0 Å². The van der Waals surface area contributed by atoms with Crippen molar-refractivity contribution >= 4 is 39.7 Å². The van der Waals surface area contributed by atoms with Gasteiger partial charge in [-0.2, -0.15) is 0 Å². The van der Waals surface area contributed by atoms with Gasteiger partial charge in [0.15, 0.2) is 5.82 Å². The number of non-ortho nitro benzene ring substituents is 1. The number of rotatable bonds is 4. The maximum absolute atomic E-state index is 10.9. The van der Waals surface area contributed by atoms with Crippen molar-refractivity contribution in [3.05, 3.63) is 87.4 Å². The molecule has 6 nitrogen and oxygen atoms in total. The smallest absolute Gasteiger partial charge is 0.269 e. The van der Waals surface area contributed by atoms with Gasteiger partial charge in [-0.3, -0.25) is 10.1 Å². The van der Waals surface area contributed by atoms with E-state index >= 15 is 0 Å². The molecule has 0 amide bonds. The highest BCUT2D eigenvalue weighted by molar-refractivity contribution is 6.31. The second-order valence-electron chi connectivity index (χ2n) is 6.31. The minimum atomic E-state index is -0.431. The first-order chi connectivity index (χ1) is 13.5. The Hall–Kier alpha value is -3.51. The largest absolute Gasteiger partial charge is 0.340 e. The number of anilines is 2. The summed E-state index contributed by atoms with van der Waals surface area (Å²) in [6.45, 7) is 1.94. The van der Waals surface area contributed by atoms with Gasteiger partial charge in [0, 0.05) is 33.8 Å². The van der Waals surface area contributed by atoms with E-state index < -0.39 is 4.92 Å². The molecule has 0 saturated carbocycles. The van der Waals surface area contributed by atoms with Gasteiger partial charge >= 0.3 is 0 Å². The Morgan fingerprint density at radius 1 is 1.00 bits per heavy atom. The maximum atomic E-state index is 10.9. The van der Waals surface area contributed by atoms with Crippen molar-refractivity contribution in [3.8, 4) is 11.4 Å². The molecule has 4 rings (SSSR count). The molecular weight excluding hydrogens is 376 g/mol. The predicted molar refractivity (Wildman–Crippen MR) is 111 cm³/mol. The molecule has 0 radical (unpaired) electrons. The van der Waals surface area contributed by atoms with Gasteiger partial charge in [0.05, 0.1) is 10.4 Å². The van der Waals surface area contributed by atoms with E-state index in [0.717, 1.165) is 22.2 Å². The first-order valence-electron chi connectivity index (χ1n) is 8.56. The summed E-state index contributed by atoms with van der Waals surface area (Å²) in [5.74, 6) is 1.12. The van der Waals surface area contributed by atoms with E-state index in [0.29, 0.717) is 22.2 Å². The lowest BCUT2D eigenvalue weighted by molar-refractivity contribution is -0.384. The first-order valence-corrected chi connectivity index (χ1v) is 8.94.